The van der Waals surface area contributed by atoms with Gasteiger partial charge in [-0.15, -0.1) is 21.5 Å². The van der Waals surface area contributed by atoms with Crippen molar-refractivity contribution in [1.29, 1.82) is 0 Å². The van der Waals surface area contributed by atoms with Crippen LogP contribution in [0.1, 0.15) is 42.2 Å². The van der Waals surface area contributed by atoms with Crippen molar-refractivity contribution in [3.8, 4) is 0 Å². The largest absolute Gasteiger partial charge is 0.391 e. The third-order valence-corrected chi connectivity index (χ3v) is 6.27. The van der Waals surface area contributed by atoms with Gasteiger partial charge in [-0.3, -0.25) is 0 Å². The lowest BCUT2D eigenvalue weighted by molar-refractivity contribution is -0.182. The van der Waals surface area contributed by atoms with Gasteiger partial charge in [0.2, 0.25) is 0 Å². The zero-order chi connectivity index (χ0) is 20.9. The number of nitrogens with one attached hydrogen (secondary N) is 2. The second-order valence-electron chi connectivity index (χ2n) is 7.38. The van der Waals surface area contributed by atoms with Crippen LogP contribution in [-0.4, -0.2) is 39.5 Å². The maximum atomic E-state index is 12.9. The van der Waals surface area contributed by atoms with Gasteiger partial charge >= 0.3 is 6.18 Å². The third-order valence-electron chi connectivity index (χ3n) is 5.34. The molecular formula is C19H27F3N6S. The molecule has 2 heterocycles. The Morgan fingerprint density at radius 2 is 2.03 bits per heavy atom. The molecule has 10 heteroatoms. The van der Waals surface area contributed by atoms with Crippen LogP contribution < -0.4 is 10.6 Å². The number of hydrogen-bond acceptors (Lipinski definition) is 4. The molecule has 0 atom stereocenters. The van der Waals surface area contributed by atoms with Crippen LogP contribution in [-0.2, 0) is 20.0 Å². The Labute approximate surface area is 172 Å². The molecule has 1 saturated carbocycles. The molecule has 2 aromatic rings. The first-order valence-corrected chi connectivity index (χ1v) is 10.7. The number of rotatable bonds is 6. The molecular weight excluding hydrogens is 401 g/mol. The van der Waals surface area contributed by atoms with Crippen molar-refractivity contribution in [3.05, 3.63) is 34.0 Å². The molecule has 1 aliphatic rings. The maximum Gasteiger partial charge on any atom is 0.391 e. The quantitative estimate of drug-likeness (QED) is 0.545. The number of nitrogens with zero attached hydrogens (tertiary/aromatic N) is 4. The number of aryl methyl sites for hydroxylation is 1. The standard InChI is InChI=1S/C19H27F3N6S/c1-13-26-27-17(28(13)2)12-24-18(23-10-9-16-4-3-11-29-16)25-15-7-5-14(6-8-15)19(20,21)22/h3-4,11,14-15H,5-10,12H2,1-2H3,(H2,23,24,25). The van der Waals surface area contributed by atoms with Gasteiger partial charge in [-0.1, -0.05) is 6.07 Å². The van der Waals surface area contributed by atoms with E-state index in [-0.39, 0.29) is 18.9 Å². The first-order chi connectivity index (χ1) is 13.8. The summed E-state index contributed by atoms with van der Waals surface area (Å²) in [5, 5.41) is 16.8. The number of alkyl halides is 3. The van der Waals surface area contributed by atoms with Crippen molar-refractivity contribution in [2.45, 2.75) is 57.8 Å². The van der Waals surface area contributed by atoms with Crippen LogP contribution in [0.4, 0.5) is 13.2 Å². The van der Waals surface area contributed by atoms with Crippen molar-refractivity contribution in [2.24, 2.45) is 18.0 Å². The average molecular weight is 429 g/mol. The van der Waals surface area contributed by atoms with Crippen LogP contribution in [0, 0.1) is 12.8 Å². The summed E-state index contributed by atoms with van der Waals surface area (Å²) in [6.07, 6.45) is -1.94. The second-order valence-corrected chi connectivity index (χ2v) is 8.41. The first-order valence-electron chi connectivity index (χ1n) is 9.81. The molecule has 0 radical (unpaired) electrons. The van der Waals surface area contributed by atoms with Gasteiger partial charge in [0.25, 0.3) is 0 Å². The van der Waals surface area contributed by atoms with Gasteiger partial charge in [0.05, 0.1) is 5.92 Å². The highest BCUT2D eigenvalue weighted by atomic mass is 32.1. The van der Waals surface area contributed by atoms with E-state index in [0.29, 0.717) is 31.9 Å². The number of guanidine groups is 1. The third kappa shape index (κ3) is 6.19. The van der Waals surface area contributed by atoms with Crippen molar-refractivity contribution in [1.82, 2.24) is 25.4 Å². The van der Waals surface area contributed by atoms with Crippen molar-refractivity contribution in [2.75, 3.05) is 6.54 Å². The number of thiophene rings is 1. The van der Waals surface area contributed by atoms with Crippen molar-refractivity contribution in [3.63, 3.8) is 0 Å². The molecule has 0 unspecified atom stereocenters. The number of halogens is 3. The average Bonchev–Trinajstić information content (AvgIpc) is 3.30. The fourth-order valence-electron chi connectivity index (χ4n) is 3.41. The van der Waals surface area contributed by atoms with Gasteiger partial charge in [-0.05, 0) is 50.5 Å². The summed E-state index contributed by atoms with van der Waals surface area (Å²) < 4.78 is 40.6. The number of aliphatic imine (C=N–C) groups is 1. The molecule has 0 amide bonds. The monoisotopic (exact) mass is 428 g/mol. The molecule has 0 aliphatic heterocycles. The lowest BCUT2D eigenvalue weighted by Crippen LogP contribution is -2.46. The summed E-state index contributed by atoms with van der Waals surface area (Å²) in [6.45, 7) is 2.92. The molecule has 160 valence electrons. The van der Waals surface area contributed by atoms with Crippen LogP contribution in [0.2, 0.25) is 0 Å². The Bertz CT molecular complexity index is 791. The molecule has 6 nitrogen and oxygen atoms in total. The first kappa shape index (κ1) is 21.6. The van der Waals surface area contributed by atoms with E-state index in [1.165, 1.54) is 4.88 Å². The lowest BCUT2D eigenvalue weighted by atomic mass is 9.85. The van der Waals surface area contributed by atoms with Gasteiger partial charge in [0.1, 0.15) is 12.4 Å². The van der Waals surface area contributed by atoms with Crippen LogP contribution in [0.15, 0.2) is 22.5 Å². The van der Waals surface area contributed by atoms with Crippen LogP contribution in [0.25, 0.3) is 0 Å². The summed E-state index contributed by atoms with van der Waals surface area (Å²) in [7, 11) is 1.88. The molecule has 0 saturated heterocycles. The van der Waals surface area contributed by atoms with E-state index in [1.807, 2.05) is 30.0 Å². The predicted octanol–water partition coefficient (Wildman–Crippen LogP) is 3.58. The molecule has 1 fully saturated rings. The Morgan fingerprint density at radius 3 is 2.62 bits per heavy atom. The molecule has 2 aromatic heterocycles. The van der Waals surface area contributed by atoms with Crippen molar-refractivity contribution >= 4 is 17.3 Å². The lowest BCUT2D eigenvalue weighted by Gasteiger charge is -2.31. The zero-order valence-corrected chi connectivity index (χ0v) is 17.5. The Hall–Kier alpha value is -2.10. The molecule has 29 heavy (non-hydrogen) atoms. The van der Waals surface area contributed by atoms with Crippen molar-refractivity contribution < 1.29 is 13.2 Å². The van der Waals surface area contributed by atoms with Crippen LogP contribution in [0.5, 0.6) is 0 Å². The second kappa shape index (κ2) is 9.60. The summed E-state index contributed by atoms with van der Waals surface area (Å²) in [6, 6.07) is 4.09. The van der Waals surface area contributed by atoms with E-state index in [2.05, 4.69) is 31.9 Å². The normalized spacial score (nSPS) is 20.7. The topological polar surface area (TPSA) is 67.1 Å². The summed E-state index contributed by atoms with van der Waals surface area (Å²) in [4.78, 5) is 5.87. The van der Waals surface area contributed by atoms with E-state index in [9.17, 15) is 13.2 Å². The molecule has 3 rings (SSSR count). The van der Waals surface area contributed by atoms with E-state index < -0.39 is 12.1 Å². The van der Waals surface area contributed by atoms with E-state index >= 15 is 0 Å². The Balaban J connectivity index is 1.59. The van der Waals surface area contributed by atoms with E-state index in [0.717, 1.165) is 18.1 Å². The van der Waals surface area contributed by atoms with Crippen LogP contribution in [0.3, 0.4) is 0 Å². The minimum atomic E-state index is -4.09. The Morgan fingerprint density at radius 1 is 1.28 bits per heavy atom. The van der Waals surface area contributed by atoms with Gasteiger partial charge in [-0.2, -0.15) is 13.2 Å². The highest BCUT2D eigenvalue weighted by Crippen LogP contribution is 2.37. The summed E-state index contributed by atoms with van der Waals surface area (Å²) in [5.41, 5.74) is 0. The molecule has 1 aliphatic carbocycles. The van der Waals surface area contributed by atoms with Gasteiger partial charge < -0.3 is 15.2 Å². The van der Waals surface area contributed by atoms with Gasteiger partial charge in [0, 0.05) is 24.5 Å². The Kier molecular flexibility index (Phi) is 7.15. The van der Waals surface area contributed by atoms with E-state index in [4.69, 9.17) is 0 Å². The fourth-order valence-corrected chi connectivity index (χ4v) is 4.12. The zero-order valence-electron chi connectivity index (χ0n) is 16.7. The fraction of sp³-hybridized carbons (Fsp3) is 0.632. The van der Waals surface area contributed by atoms with E-state index in [1.54, 1.807) is 11.3 Å². The minimum Gasteiger partial charge on any atom is -0.356 e. The molecule has 0 aromatic carbocycles. The number of aromatic nitrogens is 3. The van der Waals surface area contributed by atoms with Crippen LogP contribution >= 0.6 is 11.3 Å². The number of hydrogen-bond donors (Lipinski definition) is 2. The molecule has 0 spiro atoms. The SMILES string of the molecule is Cc1nnc(CN=C(NCCc2cccs2)NC2CCC(C(F)(F)F)CC2)n1C. The predicted molar refractivity (Wildman–Crippen MR) is 108 cm³/mol. The summed E-state index contributed by atoms with van der Waals surface area (Å²) in [5.74, 6) is 0.968. The van der Waals surface area contributed by atoms with Gasteiger partial charge in [0.15, 0.2) is 11.8 Å². The maximum absolute atomic E-state index is 12.9. The highest BCUT2D eigenvalue weighted by Gasteiger charge is 2.41. The minimum absolute atomic E-state index is 0.0113. The van der Waals surface area contributed by atoms with Gasteiger partial charge in [-0.25, -0.2) is 4.99 Å². The molecule has 2 N–H and O–H groups in total. The molecule has 0 bridgehead atoms. The smallest absolute Gasteiger partial charge is 0.356 e. The summed E-state index contributed by atoms with van der Waals surface area (Å²) >= 11 is 1.70. The highest BCUT2D eigenvalue weighted by molar-refractivity contribution is 7.09.